The van der Waals surface area contributed by atoms with Gasteiger partial charge in [-0.2, -0.15) is 0 Å². The maximum absolute atomic E-state index is 5.63. The van der Waals surface area contributed by atoms with Gasteiger partial charge in [-0.3, -0.25) is 0 Å². The molecule has 0 heterocycles. The van der Waals surface area contributed by atoms with E-state index in [4.69, 9.17) is 4.74 Å². The largest absolute Gasteiger partial charge is 0.496 e. The van der Waals surface area contributed by atoms with Crippen molar-refractivity contribution in [2.24, 2.45) is 0 Å². The fraction of sp³-hybridized carbons (Fsp3) is 0.294. The van der Waals surface area contributed by atoms with Crippen LogP contribution in [0.4, 0.5) is 0 Å². The van der Waals surface area contributed by atoms with Crippen molar-refractivity contribution in [3.63, 3.8) is 0 Å². The summed E-state index contributed by atoms with van der Waals surface area (Å²) < 4.78 is 7.85. The van der Waals surface area contributed by atoms with E-state index >= 15 is 0 Å². The van der Waals surface area contributed by atoms with Crippen molar-refractivity contribution in [3.05, 3.63) is 61.5 Å². The van der Waals surface area contributed by atoms with Crippen LogP contribution in [0.1, 0.15) is 27.1 Å². The van der Waals surface area contributed by atoms with Crippen LogP contribution in [0.2, 0.25) is 0 Å². The van der Waals surface area contributed by atoms with Gasteiger partial charge in [-0.1, -0.05) is 59.9 Å². The van der Waals surface area contributed by atoms with E-state index in [9.17, 15) is 0 Å². The van der Waals surface area contributed by atoms with Crippen LogP contribution < -0.4 is 4.74 Å². The van der Waals surface area contributed by atoms with Crippen LogP contribution in [0.5, 0.6) is 5.75 Å². The monoisotopic (exact) mass is 474 g/mol. The number of benzene rings is 2. The van der Waals surface area contributed by atoms with E-state index in [-0.39, 0.29) is 4.83 Å². The summed E-state index contributed by atoms with van der Waals surface area (Å²) in [6, 6.07) is 10.5. The fourth-order valence-corrected chi connectivity index (χ4v) is 4.20. The molecule has 0 saturated carbocycles. The molecule has 2 aromatic rings. The molecule has 0 aromatic heterocycles. The van der Waals surface area contributed by atoms with Crippen molar-refractivity contribution < 1.29 is 4.74 Å². The Kier molecular flexibility index (Phi) is 5.92. The molecule has 1 unspecified atom stereocenters. The van der Waals surface area contributed by atoms with Crippen LogP contribution in [0.25, 0.3) is 0 Å². The first-order valence-corrected chi connectivity index (χ1v) is 9.16. The molecule has 0 spiro atoms. The number of methoxy groups -OCH3 is 1. The van der Waals surface area contributed by atoms with Gasteiger partial charge in [-0.25, -0.2) is 0 Å². The third-order valence-corrected chi connectivity index (χ3v) is 5.69. The second-order valence-corrected chi connectivity index (χ2v) is 7.92. The third kappa shape index (κ3) is 3.91. The molecule has 1 nitrogen and oxygen atoms in total. The molecule has 0 aliphatic heterocycles. The van der Waals surface area contributed by atoms with Crippen LogP contribution in [-0.2, 0) is 6.42 Å². The Morgan fingerprint density at radius 1 is 1.10 bits per heavy atom. The van der Waals surface area contributed by atoms with E-state index in [0.717, 1.165) is 26.7 Å². The van der Waals surface area contributed by atoms with Gasteiger partial charge in [0, 0.05) is 19.3 Å². The van der Waals surface area contributed by atoms with Crippen molar-refractivity contribution >= 4 is 47.8 Å². The zero-order valence-electron chi connectivity index (χ0n) is 12.2. The molecule has 1 atom stereocenters. The normalized spacial score (nSPS) is 12.3. The molecule has 0 fully saturated rings. The van der Waals surface area contributed by atoms with E-state index in [1.165, 1.54) is 16.7 Å². The maximum atomic E-state index is 5.63. The van der Waals surface area contributed by atoms with Gasteiger partial charge in [0.05, 0.1) is 7.11 Å². The zero-order chi connectivity index (χ0) is 15.6. The highest BCUT2D eigenvalue weighted by atomic mass is 79.9. The Labute approximate surface area is 151 Å². The molecule has 21 heavy (non-hydrogen) atoms. The van der Waals surface area contributed by atoms with Crippen molar-refractivity contribution in [2.75, 3.05) is 7.11 Å². The summed E-state index contributed by atoms with van der Waals surface area (Å²) in [6.45, 7) is 4.20. The Hall–Kier alpha value is -0.320. The number of aryl methyl sites for hydroxylation is 1. The minimum Gasteiger partial charge on any atom is -0.496 e. The molecule has 2 rings (SSSR count). The molecular formula is C17H17Br3O. The molecule has 4 heteroatoms. The summed E-state index contributed by atoms with van der Waals surface area (Å²) >= 11 is 11.0. The van der Waals surface area contributed by atoms with Gasteiger partial charge in [-0.05, 0) is 55.2 Å². The lowest BCUT2D eigenvalue weighted by Gasteiger charge is -2.20. The third-order valence-electron chi connectivity index (χ3n) is 3.55. The van der Waals surface area contributed by atoms with Gasteiger partial charge in [0.2, 0.25) is 0 Å². The summed E-state index contributed by atoms with van der Waals surface area (Å²) in [5.41, 5.74) is 4.87. The second-order valence-electron chi connectivity index (χ2n) is 5.05. The highest BCUT2D eigenvalue weighted by molar-refractivity contribution is 9.11. The van der Waals surface area contributed by atoms with E-state index in [0.29, 0.717) is 0 Å². The van der Waals surface area contributed by atoms with Crippen molar-refractivity contribution in [1.29, 1.82) is 0 Å². The number of hydrogen-bond acceptors (Lipinski definition) is 1. The van der Waals surface area contributed by atoms with Crippen LogP contribution >= 0.6 is 47.8 Å². The van der Waals surface area contributed by atoms with E-state index in [1.807, 2.05) is 0 Å². The first kappa shape index (κ1) is 17.0. The highest BCUT2D eigenvalue weighted by Gasteiger charge is 2.20. The summed E-state index contributed by atoms with van der Waals surface area (Å²) in [5.74, 6) is 0.967. The summed E-state index contributed by atoms with van der Waals surface area (Å²) in [6.07, 6.45) is 0.917. The lowest BCUT2D eigenvalue weighted by Crippen LogP contribution is -2.04. The highest BCUT2D eigenvalue weighted by Crippen LogP contribution is 2.41. The SMILES string of the molecule is COc1c(C)cc(Br)c(C)c1C(Br)Cc1ccc(Br)cc1. The number of hydrogen-bond donors (Lipinski definition) is 0. The topological polar surface area (TPSA) is 9.23 Å². The predicted molar refractivity (Wildman–Crippen MR) is 99.7 cm³/mol. The lowest BCUT2D eigenvalue weighted by molar-refractivity contribution is 0.405. The van der Waals surface area contributed by atoms with Gasteiger partial charge in [-0.15, -0.1) is 0 Å². The average molecular weight is 477 g/mol. The fourth-order valence-electron chi connectivity index (χ4n) is 2.45. The van der Waals surface area contributed by atoms with Crippen LogP contribution in [0.15, 0.2) is 39.3 Å². The van der Waals surface area contributed by atoms with Crippen LogP contribution in [0, 0.1) is 13.8 Å². The molecule has 2 aromatic carbocycles. The zero-order valence-corrected chi connectivity index (χ0v) is 17.0. The van der Waals surface area contributed by atoms with Crippen LogP contribution in [-0.4, -0.2) is 7.11 Å². The first-order chi connectivity index (χ1) is 9.93. The molecule has 0 N–H and O–H groups in total. The molecule has 0 aliphatic carbocycles. The molecule has 112 valence electrons. The van der Waals surface area contributed by atoms with Crippen molar-refractivity contribution in [2.45, 2.75) is 25.1 Å². The van der Waals surface area contributed by atoms with Gasteiger partial charge in [0.25, 0.3) is 0 Å². The molecule has 0 amide bonds. The van der Waals surface area contributed by atoms with E-state index < -0.39 is 0 Å². The average Bonchev–Trinajstić information content (AvgIpc) is 2.44. The molecular weight excluding hydrogens is 460 g/mol. The molecule has 0 saturated heterocycles. The maximum Gasteiger partial charge on any atom is 0.126 e. The first-order valence-electron chi connectivity index (χ1n) is 6.66. The summed E-state index contributed by atoms with van der Waals surface area (Å²) in [7, 11) is 1.73. The Bertz CT molecular complexity index is 635. The number of alkyl halides is 1. The van der Waals surface area contributed by atoms with Crippen LogP contribution in [0.3, 0.4) is 0 Å². The van der Waals surface area contributed by atoms with Gasteiger partial charge in [0.15, 0.2) is 0 Å². The van der Waals surface area contributed by atoms with E-state index in [1.54, 1.807) is 7.11 Å². The standard InChI is InChI=1S/C17H17Br3O/c1-10-8-14(19)11(2)16(17(10)21-3)15(20)9-12-4-6-13(18)7-5-12/h4-8,15H,9H2,1-3H3. The quantitative estimate of drug-likeness (QED) is 0.457. The second kappa shape index (κ2) is 7.30. The van der Waals surface area contributed by atoms with E-state index in [2.05, 4.69) is 92.0 Å². The summed E-state index contributed by atoms with van der Waals surface area (Å²) in [4.78, 5) is 0.213. The number of rotatable bonds is 4. The molecule has 0 bridgehead atoms. The van der Waals surface area contributed by atoms with Crippen molar-refractivity contribution in [3.8, 4) is 5.75 Å². The minimum atomic E-state index is 0.213. The van der Waals surface area contributed by atoms with Gasteiger partial charge >= 0.3 is 0 Å². The Balaban J connectivity index is 2.38. The summed E-state index contributed by atoms with van der Waals surface area (Å²) in [5, 5.41) is 0. The number of halogens is 3. The predicted octanol–water partition coefficient (Wildman–Crippen LogP) is 6.52. The van der Waals surface area contributed by atoms with Gasteiger partial charge < -0.3 is 4.74 Å². The smallest absolute Gasteiger partial charge is 0.126 e. The lowest BCUT2D eigenvalue weighted by atomic mass is 9.97. The molecule has 0 aliphatic rings. The van der Waals surface area contributed by atoms with Gasteiger partial charge in [0.1, 0.15) is 5.75 Å². The number of ether oxygens (including phenoxy) is 1. The Morgan fingerprint density at radius 2 is 1.71 bits per heavy atom. The van der Waals surface area contributed by atoms with Crippen molar-refractivity contribution in [1.82, 2.24) is 0 Å². The Morgan fingerprint density at radius 3 is 2.29 bits per heavy atom. The minimum absolute atomic E-state index is 0.213. The molecule has 0 radical (unpaired) electrons.